The third-order valence-electron chi connectivity index (χ3n) is 3.66. The number of nitrogens with two attached hydrogens (primary N) is 3. The van der Waals surface area contributed by atoms with Crippen molar-refractivity contribution in [1.82, 2.24) is 0 Å². The van der Waals surface area contributed by atoms with Gasteiger partial charge in [0.05, 0.1) is 7.11 Å². The van der Waals surface area contributed by atoms with Crippen LogP contribution in [0.2, 0.25) is 0 Å². The summed E-state index contributed by atoms with van der Waals surface area (Å²) < 4.78 is 4.91. The Morgan fingerprint density at radius 1 is 0.840 bits per heavy atom. The van der Waals surface area contributed by atoms with Crippen LogP contribution in [0.1, 0.15) is 5.56 Å². The number of nitrogen functional groups attached to an aromatic ring is 2. The molecule has 0 amide bonds. The van der Waals surface area contributed by atoms with Gasteiger partial charge in [0.15, 0.2) is 0 Å². The molecule has 0 saturated carbocycles. The molecule has 0 radical (unpaired) electrons. The summed E-state index contributed by atoms with van der Waals surface area (Å²) in [4.78, 5) is 0. The van der Waals surface area contributed by atoms with Crippen molar-refractivity contribution in [3.8, 4) is 22.6 Å². The molecule has 0 atom stereocenters. The molecule has 7 N–H and O–H groups in total. The van der Waals surface area contributed by atoms with Crippen LogP contribution in [0.4, 0.5) is 11.4 Å². The number of phenolic OH excluding ortho intramolecular Hbond substituents is 1. The third-order valence-corrected chi connectivity index (χ3v) is 3.66. The van der Waals surface area contributed by atoms with Gasteiger partial charge in [0.1, 0.15) is 11.5 Å². The summed E-state index contributed by atoms with van der Waals surface area (Å²) in [5, 5.41) is 9.81. The lowest BCUT2D eigenvalue weighted by Gasteiger charge is -2.10. The molecule has 3 rings (SSSR count). The van der Waals surface area contributed by atoms with Gasteiger partial charge < -0.3 is 27.0 Å². The smallest absolute Gasteiger partial charge is 0.123 e. The van der Waals surface area contributed by atoms with Crippen molar-refractivity contribution in [3.63, 3.8) is 0 Å². The minimum atomic E-state index is 0.218. The predicted molar refractivity (Wildman–Crippen MR) is 103 cm³/mol. The van der Waals surface area contributed by atoms with Gasteiger partial charge in [-0.05, 0) is 53.6 Å². The first-order valence-electron chi connectivity index (χ1n) is 7.81. The molecule has 0 bridgehead atoms. The molecule has 3 aromatic carbocycles. The second kappa shape index (κ2) is 8.61. The number of anilines is 2. The average Bonchev–Trinajstić information content (AvgIpc) is 2.65. The molecule has 3 aromatic rings. The highest BCUT2D eigenvalue weighted by Gasteiger charge is 2.08. The summed E-state index contributed by atoms with van der Waals surface area (Å²) in [5.74, 6) is 1.05. The van der Waals surface area contributed by atoms with E-state index in [0.717, 1.165) is 28.1 Å². The van der Waals surface area contributed by atoms with E-state index in [1.807, 2.05) is 36.4 Å². The van der Waals surface area contributed by atoms with Crippen molar-refractivity contribution in [2.75, 3.05) is 18.6 Å². The van der Waals surface area contributed by atoms with Crippen molar-refractivity contribution in [1.29, 1.82) is 0 Å². The Morgan fingerprint density at radius 2 is 1.48 bits per heavy atom. The zero-order valence-corrected chi connectivity index (χ0v) is 14.1. The maximum absolute atomic E-state index is 9.81. The summed E-state index contributed by atoms with van der Waals surface area (Å²) in [6, 6.07) is 20.0. The zero-order chi connectivity index (χ0) is 18.2. The van der Waals surface area contributed by atoms with Crippen molar-refractivity contribution in [2.45, 2.75) is 6.54 Å². The lowest BCUT2D eigenvalue weighted by atomic mass is 9.98. The highest BCUT2D eigenvalue weighted by Crippen LogP contribution is 2.32. The van der Waals surface area contributed by atoms with Gasteiger partial charge in [0.2, 0.25) is 0 Å². The molecule has 25 heavy (non-hydrogen) atoms. The maximum Gasteiger partial charge on any atom is 0.123 e. The first-order valence-corrected chi connectivity index (χ1v) is 7.81. The van der Waals surface area contributed by atoms with E-state index in [0.29, 0.717) is 12.2 Å². The third kappa shape index (κ3) is 4.89. The molecule has 5 heteroatoms. The van der Waals surface area contributed by atoms with Crippen LogP contribution >= 0.6 is 0 Å². The highest BCUT2D eigenvalue weighted by atomic mass is 16.5. The highest BCUT2D eigenvalue weighted by molar-refractivity contribution is 5.75. The molecule has 0 spiro atoms. The fourth-order valence-electron chi connectivity index (χ4n) is 2.33. The van der Waals surface area contributed by atoms with Crippen LogP contribution < -0.4 is 21.9 Å². The number of hydrogen-bond donors (Lipinski definition) is 4. The first kappa shape index (κ1) is 18.2. The van der Waals surface area contributed by atoms with Crippen LogP contribution in [0, 0.1) is 0 Å². The van der Waals surface area contributed by atoms with Gasteiger partial charge in [-0.15, -0.1) is 0 Å². The Morgan fingerprint density at radius 3 is 2.12 bits per heavy atom. The second-order valence-corrected chi connectivity index (χ2v) is 5.41. The minimum absolute atomic E-state index is 0.218. The fraction of sp³-hybridized carbons (Fsp3) is 0.100. The summed E-state index contributed by atoms with van der Waals surface area (Å²) in [5.41, 5.74) is 20.8. The van der Waals surface area contributed by atoms with Gasteiger partial charge in [-0.3, -0.25) is 0 Å². The average molecular weight is 337 g/mol. The van der Waals surface area contributed by atoms with E-state index in [4.69, 9.17) is 21.9 Å². The number of aromatic hydroxyl groups is 1. The molecular weight excluding hydrogens is 314 g/mol. The SMILES string of the molecule is COc1ccc(N)cc1.NCc1ccccc1-c1cc(N)ccc1O. The Balaban J connectivity index is 0.000000212. The number of methoxy groups -OCH3 is 1. The second-order valence-electron chi connectivity index (χ2n) is 5.41. The molecule has 130 valence electrons. The standard InChI is InChI=1S/C13H14N2O.C7H9NO/c14-8-9-3-1-2-4-11(9)12-7-10(15)5-6-13(12)16;1-9-7-4-2-6(8)3-5-7/h1-7,16H,8,14-15H2;2-5H,8H2,1H3. The largest absolute Gasteiger partial charge is 0.507 e. The quantitative estimate of drug-likeness (QED) is 0.433. The Bertz CT molecular complexity index is 817. The van der Waals surface area contributed by atoms with E-state index in [9.17, 15) is 5.11 Å². The molecule has 0 aliphatic carbocycles. The van der Waals surface area contributed by atoms with Gasteiger partial charge in [-0.1, -0.05) is 24.3 Å². The lowest BCUT2D eigenvalue weighted by molar-refractivity contribution is 0.415. The van der Waals surface area contributed by atoms with Gasteiger partial charge in [-0.2, -0.15) is 0 Å². The van der Waals surface area contributed by atoms with Crippen LogP contribution in [-0.4, -0.2) is 12.2 Å². The van der Waals surface area contributed by atoms with Crippen molar-refractivity contribution < 1.29 is 9.84 Å². The number of phenols is 1. The number of rotatable bonds is 3. The van der Waals surface area contributed by atoms with E-state index in [2.05, 4.69) is 0 Å². The van der Waals surface area contributed by atoms with Crippen LogP contribution in [0.5, 0.6) is 11.5 Å². The van der Waals surface area contributed by atoms with E-state index >= 15 is 0 Å². The normalized spacial score (nSPS) is 9.84. The molecule has 0 fully saturated rings. The van der Waals surface area contributed by atoms with E-state index in [1.165, 1.54) is 0 Å². The lowest BCUT2D eigenvalue weighted by Crippen LogP contribution is -1.99. The summed E-state index contributed by atoms with van der Waals surface area (Å²) in [6.45, 7) is 0.435. The summed E-state index contributed by atoms with van der Waals surface area (Å²) in [7, 11) is 1.63. The van der Waals surface area contributed by atoms with Crippen LogP contribution in [0.15, 0.2) is 66.7 Å². The molecule has 0 heterocycles. The van der Waals surface area contributed by atoms with Crippen LogP contribution in [0.25, 0.3) is 11.1 Å². The molecule has 5 nitrogen and oxygen atoms in total. The zero-order valence-electron chi connectivity index (χ0n) is 14.1. The van der Waals surface area contributed by atoms with Crippen molar-refractivity contribution >= 4 is 11.4 Å². The fourth-order valence-corrected chi connectivity index (χ4v) is 2.33. The number of benzene rings is 3. The topological polar surface area (TPSA) is 108 Å². The van der Waals surface area contributed by atoms with Crippen molar-refractivity contribution in [2.24, 2.45) is 5.73 Å². The maximum atomic E-state index is 9.81. The Labute approximate surface area is 147 Å². The Hall–Kier alpha value is -3.18. The van der Waals surface area contributed by atoms with E-state index in [-0.39, 0.29) is 5.75 Å². The monoisotopic (exact) mass is 337 g/mol. The van der Waals surface area contributed by atoms with Gasteiger partial charge >= 0.3 is 0 Å². The molecule has 0 saturated heterocycles. The number of hydrogen-bond acceptors (Lipinski definition) is 5. The van der Waals surface area contributed by atoms with E-state index in [1.54, 1.807) is 37.4 Å². The summed E-state index contributed by atoms with van der Waals surface area (Å²) in [6.07, 6.45) is 0. The van der Waals surface area contributed by atoms with Gasteiger partial charge in [0, 0.05) is 23.5 Å². The van der Waals surface area contributed by atoms with E-state index < -0.39 is 0 Å². The van der Waals surface area contributed by atoms with Crippen LogP contribution in [0.3, 0.4) is 0 Å². The number of ether oxygens (including phenoxy) is 1. The van der Waals surface area contributed by atoms with Gasteiger partial charge in [0.25, 0.3) is 0 Å². The molecule has 0 aromatic heterocycles. The molecule has 0 aliphatic heterocycles. The predicted octanol–water partition coefficient (Wildman–Crippen LogP) is 3.38. The van der Waals surface area contributed by atoms with Crippen LogP contribution in [-0.2, 0) is 6.54 Å². The summed E-state index contributed by atoms with van der Waals surface area (Å²) >= 11 is 0. The molecule has 0 aliphatic rings. The minimum Gasteiger partial charge on any atom is -0.507 e. The van der Waals surface area contributed by atoms with Gasteiger partial charge in [-0.25, -0.2) is 0 Å². The Kier molecular flexibility index (Phi) is 6.26. The molecular formula is C20H23N3O2. The first-order chi connectivity index (χ1) is 12.0. The molecule has 0 unspecified atom stereocenters. The van der Waals surface area contributed by atoms with Crippen molar-refractivity contribution in [3.05, 3.63) is 72.3 Å².